The number of aromatic nitrogens is 1. The minimum Gasteiger partial charge on any atom is -0.497 e. The number of methoxy groups -OCH3 is 2. The normalized spacial score (nSPS) is 21.7. The molecule has 2 atom stereocenters. The number of ether oxygens (including phenoxy) is 2. The van der Waals surface area contributed by atoms with Gasteiger partial charge in [-0.1, -0.05) is 29.3 Å². The van der Waals surface area contributed by atoms with Crippen molar-refractivity contribution in [3.05, 3.63) is 99.7 Å². The SMILES string of the molecule is COc1ccc(S(=O)(=O)N2C(=O)C(c3cc(CN4CCN(CCO)CC4)ccc3OC)(N3CCCC3c3ncco3)c3cc(Cl)c(Cl)cc32)cc1. The van der Waals surface area contributed by atoms with Crippen LogP contribution in [-0.2, 0) is 26.9 Å². The zero-order valence-electron chi connectivity index (χ0n) is 28.3. The van der Waals surface area contributed by atoms with Gasteiger partial charge >= 0.3 is 0 Å². The summed E-state index contributed by atoms with van der Waals surface area (Å²) in [5, 5.41) is 9.67. The molecule has 12 nitrogen and oxygen atoms in total. The van der Waals surface area contributed by atoms with Crippen molar-refractivity contribution >= 4 is 44.8 Å². The van der Waals surface area contributed by atoms with Crippen LogP contribution in [0, 0.1) is 0 Å². The molecule has 4 aromatic rings. The van der Waals surface area contributed by atoms with E-state index in [2.05, 4.69) is 14.8 Å². The van der Waals surface area contributed by atoms with Crippen molar-refractivity contribution in [1.29, 1.82) is 0 Å². The van der Waals surface area contributed by atoms with Crippen LogP contribution >= 0.6 is 23.2 Å². The minimum absolute atomic E-state index is 0.0933. The molecule has 3 aliphatic heterocycles. The average Bonchev–Trinajstić information content (AvgIpc) is 3.89. The topological polar surface area (TPSA) is 129 Å². The van der Waals surface area contributed by atoms with Gasteiger partial charge in [0.1, 0.15) is 17.8 Å². The van der Waals surface area contributed by atoms with Crippen molar-refractivity contribution in [2.24, 2.45) is 0 Å². The number of piperazine rings is 1. The van der Waals surface area contributed by atoms with Crippen LogP contribution in [0.2, 0.25) is 10.0 Å². The fraction of sp³-hybridized carbons (Fsp3) is 0.389. The molecular weight excluding hydrogens is 717 g/mol. The Morgan fingerprint density at radius 3 is 2.33 bits per heavy atom. The second-order valence-corrected chi connectivity index (χ2v) is 15.4. The molecule has 1 N–H and O–H groups in total. The lowest BCUT2D eigenvalue weighted by Crippen LogP contribution is -2.54. The lowest BCUT2D eigenvalue weighted by molar-refractivity contribution is -0.127. The molecule has 2 unspecified atom stereocenters. The number of β-amino-alcohol motifs (C(OH)–C–C–N with tert-alkyl or cyclic N) is 1. The number of aliphatic hydroxyl groups excluding tert-OH is 1. The molecule has 2 fully saturated rings. The van der Waals surface area contributed by atoms with Crippen LogP contribution in [0.15, 0.2) is 76.4 Å². The number of hydrogen-bond acceptors (Lipinski definition) is 11. The van der Waals surface area contributed by atoms with Crippen LogP contribution in [0.5, 0.6) is 11.5 Å². The van der Waals surface area contributed by atoms with Crippen LogP contribution in [0.25, 0.3) is 0 Å². The summed E-state index contributed by atoms with van der Waals surface area (Å²) in [4.78, 5) is 26.6. The van der Waals surface area contributed by atoms with Crippen molar-refractivity contribution in [2.45, 2.75) is 35.9 Å². The molecule has 15 heteroatoms. The van der Waals surface area contributed by atoms with Gasteiger partial charge in [0.25, 0.3) is 15.9 Å². The molecule has 0 spiro atoms. The van der Waals surface area contributed by atoms with Crippen molar-refractivity contribution in [2.75, 3.05) is 64.4 Å². The fourth-order valence-electron chi connectivity index (χ4n) is 7.68. The van der Waals surface area contributed by atoms with E-state index in [1.807, 2.05) is 23.1 Å². The first-order valence-electron chi connectivity index (χ1n) is 16.8. The summed E-state index contributed by atoms with van der Waals surface area (Å²) in [6, 6.07) is 14.2. The molecular formula is C36H39Cl2N5O7S. The highest BCUT2D eigenvalue weighted by Crippen LogP contribution is 2.57. The van der Waals surface area contributed by atoms with E-state index < -0.39 is 27.5 Å². The van der Waals surface area contributed by atoms with Gasteiger partial charge in [-0.15, -0.1) is 0 Å². The molecule has 0 bridgehead atoms. The Balaban J connectivity index is 1.44. The Bertz CT molecular complexity index is 2010. The summed E-state index contributed by atoms with van der Waals surface area (Å²) >= 11 is 13.4. The van der Waals surface area contributed by atoms with E-state index in [1.54, 1.807) is 12.3 Å². The first-order valence-corrected chi connectivity index (χ1v) is 19.0. The first kappa shape index (κ1) is 35.7. The van der Waals surface area contributed by atoms with E-state index in [1.165, 1.54) is 50.8 Å². The third-order valence-corrected chi connectivity index (χ3v) is 12.5. The van der Waals surface area contributed by atoms with E-state index in [0.29, 0.717) is 61.0 Å². The maximum absolute atomic E-state index is 15.7. The van der Waals surface area contributed by atoms with Crippen molar-refractivity contribution in [3.63, 3.8) is 0 Å². The Hall–Kier alpha value is -3.69. The summed E-state index contributed by atoms with van der Waals surface area (Å²) in [5.41, 5.74) is 0.0802. The second-order valence-electron chi connectivity index (χ2n) is 12.8. The number of amides is 1. The van der Waals surface area contributed by atoms with Gasteiger partial charge in [0.2, 0.25) is 5.89 Å². The highest BCUT2D eigenvalue weighted by atomic mass is 35.5. The number of hydrogen-bond donors (Lipinski definition) is 1. The van der Waals surface area contributed by atoms with Gasteiger partial charge in [0, 0.05) is 56.9 Å². The van der Waals surface area contributed by atoms with E-state index >= 15 is 4.79 Å². The standard InChI is InChI=1S/C36H39Cl2N5O7S/c1-48-25-6-8-26(9-7-25)51(46,47)43-32-22-30(38)29(37)21-27(32)36(35(43)45,42-12-3-4-31(42)34-39-11-19-50-34)28-20-24(5-10-33(28)49-2)23-41-15-13-40(14-16-41)17-18-44/h5-11,19-22,31,44H,3-4,12-18,23H2,1-2H3. The molecule has 270 valence electrons. The zero-order valence-corrected chi connectivity index (χ0v) is 30.6. The number of fused-ring (bicyclic) bond motifs is 1. The zero-order chi connectivity index (χ0) is 35.9. The lowest BCUT2D eigenvalue weighted by Gasteiger charge is -2.41. The molecule has 1 aromatic heterocycles. The molecule has 7 rings (SSSR count). The van der Waals surface area contributed by atoms with Crippen molar-refractivity contribution < 1.29 is 32.2 Å². The maximum Gasteiger partial charge on any atom is 0.271 e. The highest BCUT2D eigenvalue weighted by molar-refractivity contribution is 7.93. The molecule has 3 aromatic carbocycles. The molecule has 0 aliphatic carbocycles. The van der Waals surface area contributed by atoms with Crippen LogP contribution in [0.4, 0.5) is 5.69 Å². The van der Waals surface area contributed by atoms with E-state index in [4.69, 9.17) is 37.1 Å². The summed E-state index contributed by atoms with van der Waals surface area (Å²) < 4.78 is 47.3. The molecule has 2 saturated heterocycles. The predicted octanol–water partition coefficient (Wildman–Crippen LogP) is 4.92. The highest BCUT2D eigenvalue weighted by Gasteiger charge is 2.63. The van der Waals surface area contributed by atoms with Gasteiger partial charge in [-0.25, -0.2) is 17.7 Å². The van der Waals surface area contributed by atoms with Gasteiger partial charge in [-0.3, -0.25) is 19.5 Å². The molecule has 3 aliphatic rings. The lowest BCUT2D eigenvalue weighted by atomic mass is 9.80. The van der Waals surface area contributed by atoms with Crippen LogP contribution in [0.1, 0.15) is 41.5 Å². The summed E-state index contributed by atoms with van der Waals surface area (Å²) in [6.45, 7) is 4.99. The number of carbonyl (C=O) groups excluding carboxylic acids is 1. The number of aliphatic hydroxyl groups is 1. The van der Waals surface area contributed by atoms with E-state index in [-0.39, 0.29) is 27.2 Å². The number of carbonyl (C=O) groups is 1. The number of sulfonamides is 1. The van der Waals surface area contributed by atoms with Crippen LogP contribution in [-0.4, -0.2) is 99.2 Å². The monoisotopic (exact) mass is 755 g/mol. The number of benzene rings is 3. The number of rotatable bonds is 11. The van der Waals surface area contributed by atoms with Crippen LogP contribution in [0.3, 0.4) is 0 Å². The summed E-state index contributed by atoms with van der Waals surface area (Å²) in [7, 11) is -1.49. The fourth-order valence-corrected chi connectivity index (χ4v) is 9.45. The third-order valence-electron chi connectivity index (χ3n) is 10.1. The quantitative estimate of drug-likeness (QED) is 0.224. The maximum atomic E-state index is 15.7. The largest absolute Gasteiger partial charge is 0.497 e. The summed E-state index contributed by atoms with van der Waals surface area (Å²) in [5.74, 6) is 0.555. The van der Waals surface area contributed by atoms with E-state index in [0.717, 1.165) is 36.0 Å². The Morgan fingerprint density at radius 1 is 0.941 bits per heavy atom. The van der Waals surface area contributed by atoms with Gasteiger partial charge in [0.15, 0.2) is 5.54 Å². The number of anilines is 1. The van der Waals surface area contributed by atoms with E-state index in [9.17, 15) is 13.5 Å². The van der Waals surface area contributed by atoms with Gasteiger partial charge in [-0.2, -0.15) is 0 Å². The third kappa shape index (κ3) is 6.18. The minimum atomic E-state index is -4.51. The smallest absolute Gasteiger partial charge is 0.271 e. The van der Waals surface area contributed by atoms with Gasteiger partial charge in [-0.05, 0) is 66.9 Å². The van der Waals surface area contributed by atoms with Crippen molar-refractivity contribution in [3.8, 4) is 11.5 Å². The number of nitrogens with zero attached hydrogens (tertiary/aromatic N) is 5. The number of oxazole rings is 1. The molecule has 0 saturated carbocycles. The molecule has 0 radical (unpaired) electrons. The second kappa shape index (κ2) is 14.4. The van der Waals surface area contributed by atoms with Gasteiger partial charge in [0.05, 0.1) is 53.7 Å². The molecule has 1 amide bonds. The Labute approximate surface area is 307 Å². The van der Waals surface area contributed by atoms with Gasteiger partial charge < -0.3 is 19.0 Å². The molecule has 51 heavy (non-hydrogen) atoms. The molecule has 4 heterocycles. The predicted molar refractivity (Wildman–Crippen MR) is 192 cm³/mol. The first-order chi connectivity index (χ1) is 24.6. The summed E-state index contributed by atoms with van der Waals surface area (Å²) in [6.07, 6.45) is 4.34. The van der Waals surface area contributed by atoms with Crippen molar-refractivity contribution in [1.82, 2.24) is 19.7 Å². The Kier molecular flexibility index (Phi) is 10.1. The van der Waals surface area contributed by atoms with Crippen LogP contribution < -0.4 is 13.8 Å². The number of likely N-dealkylation sites (tertiary alicyclic amines) is 1. The Morgan fingerprint density at radius 2 is 1.67 bits per heavy atom. The average molecular weight is 757 g/mol. The number of halogens is 2.